The Morgan fingerprint density at radius 2 is 1.13 bits per heavy atom. The third kappa shape index (κ3) is 17.2. The maximum absolute atomic E-state index is 10.2. The van der Waals surface area contributed by atoms with Crippen molar-refractivity contribution in [1.29, 1.82) is 10.5 Å². The zero-order chi connectivity index (χ0) is 19.1. The summed E-state index contributed by atoms with van der Waals surface area (Å²) in [7, 11) is 9.75. The molecule has 0 saturated heterocycles. The van der Waals surface area contributed by atoms with Crippen LogP contribution in [0.5, 0.6) is 0 Å². The van der Waals surface area contributed by atoms with E-state index >= 15 is 0 Å². The van der Waals surface area contributed by atoms with Gasteiger partial charge in [-0.3, -0.25) is 20.2 Å². The summed E-state index contributed by atoms with van der Waals surface area (Å²) in [4.78, 5) is 19.7. The van der Waals surface area contributed by atoms with Crippen LogP contribution in [0, 0.1) is 42.9 Å². The Bertz CT molecular complexity index is 407. The van der Waals surface area contributed by atoms with Gasteiger partial charge in [0.15, 0.2) is 0 Å². The molecule has 0 heterocycles. The van der Waals surface area contributed by atoms with Crippen molar-refractivity contribution in [3.63, 3.8) is 0 Å². The first kappa shape index (κ1) is 26.9. The van der Waals surface area contributed by atoms with Gasteiger partial charge in [0, 0.05) is 63.2 Å². The fourth-order valence-electron chi connectivity index (χ4n) is 0.906. The van der Waals surface area contributed by atoms with Crippen molar-refractivity contribution in [2.75, 3.05) is 0 Å². The molecule has 0 aliphatic rings. The summed E-state index contributed by atoms with van der Waals surface area (Å²) in [6.45, 7) is 6.07. The maximum atomic E-state index is 10.2. The van der Waals surface area contributed by atoms with Crippen molar-refractivity contribution < 1.29 is 26.3 Å². The molecule has 0 atom stereocenters. The van der Waals surface area contributed by atoms with E-state index in [2.05, 4.69) is 0 Å². The van der Waals surface area contributed by atoms with Crippen molar-refractivity contribution in [2.45, 2.75) is 64.5 Å². The van der Waals surface area contributed by atoms with Gasteiger partial charge in [0.1, 0.15) is 0 Å². The van der Waals surface area contributed by atoms with Crippen molar-refractivity contribution >= 4 is 18.8 Å². The number of nitriles is 2. The van der Waals surface area contributed by atoms with Gasteiger partial charge in [-0.25, -0.2) is 0 Å². The van der Waals surface area contributed by atoms with E-state index in [-0.39, 0.29) is 22.7 Å². The van der Waals surface area contributed by atoms with Gasteiger partial charge < -0.3 is 0 Å². The average Bonchev–Trinajstić information content (AvgIpc) is 2.44. The Morgan fingerprint density at radius 1 is 0.913 bits per heavy atom. The van der Waals surface area contributed by atoms with E-state index in [1.54, 1.807) is 0 Å². The molecule has 0 aromatic heterocycles. The minimum atomic E-state index is -0.949. The van der Waals surface area contributed by atoms with Gasteiger partial charge in [-0.2, -0.15) is 10.5 Å². The zero-order valence-corrected chi connectivity index (χ0v) is 17.1. The summed E-state index contributed by atoms with van der Waals surface area (Å²) >= 11 is -0.472. The fourth-order valence-corrected chi connectivity index (χ4v) is 0.906. The summed E-state index contributed by atoms with van der Waals surface area (Å²) < 4.78 is 0. The first-order valence-corrected chi connectivity index (χ1v) is 11.9. The van der Waals surface area contributed by atoms with Crippen LogP contribution in [0.3, 0.4) is 0 Å². The second-order valence-corrected chi connectivity index (χ2v) is 8.78. The molecule has 0 aromatic carbocycles. The Hall–Kier alpha value is -0.952. The number of hydrogen-bond acceptors (Lipinski definition) is 6. The zero-order valence-electron chi connectivity index (χ0n) is 13.3. The normalized spacial score (nSPS) is 10.1. The molecule has 0 aliphatic carbocycles. The van der Waals surface area contributed by atoms with Gasteiger partial charge in [-0.1, -0.05) is 0 Å². The van der Waals surface area contributed by atoms with E-state index in [1.807, 2.05) is 12.1 Å². The Labute approximate surface area is 152 Å². The van der Waals surface area contributed by atoms with Crippen LogP contribution in [-0.2, 0) is 16.5 Å². The topological polar surface area (TPSA) is 134 Å². The summed E-state index contributed by atoms with van der Waals surface area (Å²) in [5.74, 6) is 0. The first-order valence-electron chi connectivity index (χ1n) is 6.28. The first-order chi connectivity index (χ1) is 10.4. The number of nitrogens with zero attached hydrogens (tertiary/aromatic N) is 4. The third-order valence-corrected chi connectivity index (χ3v) is 2.69. The predicted octanol–water partition coefficient (Wildman–Crippen LogP) is 4.07. The van der Waals surface area contributed by atoms with E-state index in [4.69, 9.17) is 29.4 Å². The van der Waals surface area contributed by atoms with Crippen molar-refractivity contribution in [3.8, 4) is 12.1 Å². The van der Waals surface area contributed by atoms with Crippen molar-refractivity contribution in [2.24, 2.45) is 0 Å². The van der Waals surface area contributed by atoms with E-state index < -0.39 is 27.6 Å². The van der Waals surface area contributed by atoms with Gasteiger partial charge >= 0.3 is 35.3 Å². The van der Waals surface area contributed by atoms with Gasteiger partial charge in [-0.15, -0.1) is 0 Å². The summed E-state index contributed by atoms with van der Waals surface area (Å²) in [5, 5.41) is 36.7. The molecule has 0 bridgehead atoms. The molecule has 0 radical (unpaired) electrons. The van der Waals surface area contributed by atoms with Crippen LogP contribution < -0.4 is 0 Å². The monoisotopic (exact) mass is 549 g/mol. The third-order valence-electron chi connectivity index (χ3n) is 2.69. The standard InChI is InChI=1S/2C6H10N2O2.2ClH.Pt/c2*1-6(2,8(9)10)4-3-5-7;;;/h2*3-4H2,1-2H3;2*1H;/q;;;;+2/p-2. The molecule has 0 fully saturated rings. The van der Waals surface area contributed by atoms with Crippen LogP contribution in [-0.4, -0.2) is 20.9 Å². The molecule has 0 saturated carbocycles. The van der Waals surface area contributed by atoms with Gasteiger partial charge in [0.25, 0.3) is 0 Å². The Balaban J connectivity index is -0.000000297. The quantitative estimate of drug-likeness (QED) is 0.362. The second-order valence-electron chi connectivity index (χ2n) is 5.50. The molecule has 0 aliphatic heterocycles. The van der Waals surface area contributed by atoms with E-state index in [1.165, 1.54) is 27.7 Å². The molecule has 11 heteroatoms. The molecular weight excluding hydrogens is 530 g/mol. The number of nitro groups is 2. The average molecular weight is 550 g/mol. The Morgan fingerprint density at radius 3 is 1.26 bits per heavy atom. The van der Waals surface area contributed by atoms with Crippen LogP contribution in [0.15, 0.2) is 0 Å². The predicted molar refractivity (Wildman–Crippen MR) is 83.5 cm³/mol. The summed E-state index contributed by atoms with van der Waals surface area (Å²) in [5.41, 5.74) is -1.90. The number of rotatable bonds is 6. The van der Waals surface area contributed by atoms with Crippen molar-refractivity contribution in [1.82, 2.24) is 0 Å². The molecule has 23 heavy (non-hydrogen) atoms. The molecule has 0 aromatic rings. The molecule has 0 spiro atoms. The van der Waals surface area contributed by atoms with Crippen LogP contribution in [0.2, 0.25) is 0 Å². The Kier molecular flexibility index (Phi) is 17.1. The summed E-state index contributed by atoms with van der Waals surface area (Å²) in [6.07, 6.45) is 1.12. The van der Waals surface area contributed by atoms with Crippen LogP contribution in [0.25, 0.3) is 0 Å². The van der Waals surface area contributed by atoms with Crippen LogP contribution >= 0.6 is 18.8 Å². The van der Waals surface area contributed by atoms with Crippen molar-refractivity contribution in [3.05, 3.63) is 20.2 Å². The number of halogens is 2. The minimum absolute atomic E-state index is 0.244. The summed E-state index contributed by atoms with van der Waals surface area (Å²) in [6, 6.07) is 3.75. The molecule has 136 valence electrons. The fraction of sp³-hybridized carbons (Fsp3) is 0.833. The van der Waals surface area contributed by atoms with E-state index in [9.17, 15) is 20.2 Å². The van der Waals surface area contributed by atoms with Gasteiger partial charge in [0.05, 0.1) is 12.1 Å². The molecular formula is C12H20Cl2N4O4Pt. The van der Waals surface area contributed by atoms with Crippen LogP contribution in [0.1, 0.15) is 53.4 Å². The molecule has 0 amide bonds. The van der Waals surface area contributed by atoms with Gasteiger partial charge in [0.2, 0.25) is 11.1 Å². The van der Waals surface area contributed by atoms with E-state index in [0.717, 1.165) is 0 Å². The molecule has 0 N–H and O–H groups in total. The SMILES string of the molecule is CC(C)(CCC#N)[N+](=O)[O-].CC(C)(CCC#N)[N+](=O)[O-].[Cl][Pt][Cl]. The molecule has 8 nitrogen and oxygen atoms in total. The molecule has 0 rings (SSSR count). The molecule has 0 unspecified atom stereocenters. The van der Waals surface area contributed by atoms with Crippen LogP contribution in [0.4, 0.5) is 0 Å². The number of hydrogen-bond donors (Lipinski definition) is 0. The second kappa shape index (κ2) is 14.6. The van der Waals surface area contributed by atoms with Gasteiger partial charge in [-0.05, 0) is 0 Å². The van der Waals surface area contributed by atoms with E-state index in [0.29, 0.717) is 12.8 Å².